The Balaban J connectivity index is 1.84. The van der Waals surface area contributed by atoms with Gasteiger partial charge in [-0.15, -0.1) is 0 Å². The number of hydrogen-bond donors (Lipinski definition) is 1. The first kappa shape index (κ1) is 18.2. The van der Waals surface area contributed by atoms with Crippen LogP contribution < -0.4 is 5.32 Å². The van der Waals surface area contributed by atoms with Crippen LogP contribution in [0.5, 0.6) is 0 Å². The van der Waals surface area contributed by atoms with Crippen molar-refractivity contribution in [2.45, 2.75) is 25.5 Å². The number of benzene rings is 2. The van der Waals surface area contributed by atoms with Gasteiger partial charge in [-0.1, -0.05) is 61.5 Å². The standard InChI is InChI=1S/C19H20ClN3S2/c1-3-14-7-4-5-10-17(14)22-19-23(12-13(2)25-19)18(24)21-16-9-6-8-15(20)11-16/h4-11,13H,3,12H2,1-2H3,(H,21,24)/b22-19+. The Hall–Kier alpha value is -1.56. The molecule has 1 aliphatic heterocycles. The Bertz CT molecular complexity index is 807. The third-order valence-corrected chi connectivity index (χ3v) is 5.52. The second-order valence-corrected chi connectivity index (χ2v) is 8.08. The molecule has 1 aliphatic rings. The van der Waals surface area contributed by atoms with E-state index in [9.17, 15) is 0 Å². The van der Waals surface area contributed by atoms with Crippen molar-refractivity contribution >= 4 is 57.2 Å². The van der Waals surface area contributed by atoms with Crippen molar-refractivity contribution in [1.82, 2.24) is 4.90 Å². The van der Waals surface area contributed by atoms with Gasteiger partial charge < -0.3 is 5.32 Å². The number of thiocarbonyl (C=S) groups is 1. The molecular weight excluding hydrogens is 370 g/mol. The number of anilines is 1. The SMILES string of the molecule is CCc1ccccc1/N=C1/SC(C)CN1C(=S)Nc1cccc(Cl)c1. The average Bonchev–Trinajstić information content (AvgIpc) is 2.96. The zero-order valence-corrected chi connectivity index (χ0v) is 16.6. The van der Waals surface area contributed by atoms with Crippen LogP contribution in [0, 0.1) is 0 Å². The van der Waals surface area contributed by atoms with Gasteiger partial charge in [0.1, 0.15) is 0 Å². The molecule has 2 aromatic rings. The predicted octanol–water partition coefficient (Wildman–Crippen LogP) is 5.72. The summed E-state index contributed by atoms with van der Waals surface area (Å²) < 4.78 is 0. The molecule has 0 aliphatic carbocycles. The van der Waals surface area contributed by atoms with Crippen molar-refractivity contribution in [3.8, 4) is 0 Å². The number of rotatable bonds is 3. The van der Waals surface area contributed by atoms with E-state index in [4.69, 9.17) is 28.8 Å². The maximum Gasteiger partial charge on any atom is 0.179 e. The first-order chi connectivity index (χ1) is 12.1. The maximum absolute atomic E-state index is 6.06. The molecule has 1 atom stereocenters. The van der Waals surface area contributed by atoms with Crippen LogP contribution in [0.1, 0.15) is 19.4 Å². The molecule has 25 heavy (non-hydrogen) atoms. The van der Waals surface area contributed by atoms with Gasteiger partial charge in [0, 0.05) is 22.5 Å². The van der Waals surface area contributed by atoms with Gasteiger partial charge >= 0.3 is 0 Å². The lowest BCUT2D eigenvalue weighted by molar-refractivity contribution is 0.641. The zero-order chi connectivity index (χ0) is 17.8. The van der Waals surface area contributed by atoms with Gasteiger partial charge in [-0.3, -0.25) is 4.90 Å². The zero-order valence-electron chi connectivity index (χ0n) is 14.2. The number of thioether (sulfide) groups is 1. The molecule has 0 radical (unpaired) electrons. The fourth-order valence-electron chi connectivity index (χ4n) is 2.65. The Labute approximate surface area is 163 Å². The first-order valence-electron chi connectivity index (χ1n) is 8.24. The van der Waals surface area contributed by atoms with Gasteiger partial charge in [-0.05, 0) is 48.5 Å². The quantitative estimate of drug-likeness (QED) is 0.679. The predicted molar refractivity (Wildman–Crippen MR) is 114 cm³/mol. The average molecular weight is 390 g/mol. The Morgan fingerprint density at radius 1 is 1.32 bits per heavy atom. The Morgan fingerprint density at radius 3 is 2.88 bits per heavy atom. The molecule has 1 fully saturated rings. The molecule has 1 heterocycles. The Morgan fingerprint density at radius 2 is 2.12 bits per heavy atom. The van der Waals surface area contributed by atoms with E-state index in [-0.39, 0.29) is 0 Å². The molecule has 1 N–H and O–H groups in total. The third-order valence-electron chi connectivity index (χ3n) is 3.89. The molecule has 0 bridgehead atoms. The van der Waals surface area contributed by atoms with Crippen molar-refractivity contribution in [2.24, 2.45) is 4.99 Å². The summed E-state index contributed by atoms with van der Waals surface area (Å²) in [4.78, 5) is 6.96. The molecule has 3 rings (SSSR count). The summed E-state index contributed by atoms with van der Waals surface area (Å²) in [6, 6.07) is 15.8. The minimum Gasteiger partial charge on any atom is -0.332 e. The van der Waals surface area contributed by atoms with E-state index < -0.39 is 0 Å². The number of hydrogen-bond acceptors (Lipinski definition) is 3. The van der Waals surface area contributed by atoms with E-state index in [1.165, 1.54) is 5.56 Å². The van der Waals surface area contributed by atoms with E-state index in [0.717, 1.165) is 29.5 Å². The molecule has 0 saturated carbocycles. The fourth-order valence-corrected chi connectivity index (χ4v) is 4.21. The molecule has 1 saturated heterocycles. The van der Waals surface area contributed by atoms with Gasteiger partial charge in [0.25, 0.3) is 0 Å². The highest BCUT2D eigenvalue weighted by Gasteiger charge is 2.29. The second kappa shape index (κ2) is 8.21. The number of nitrogens with zero attached hydrogens (tertiary/aromatic N) is 2. The third kappa shape index (κ3) is 4.54. The maximum atomic E-state index is 6.06. The van der Waals surface area contributed by atoms with E-state index in [2.05, 4.69) is 42.3 Å². The number of amidine groups is 1. The number of halogens is 1. The minimum atomic E-state index is 0.437. The first-order valence-corrected chi connectivity index (χ1v) is 9.90. The van der Waals surface area contributed by atoms with Crippen LogP contribution in [-0.2, 0) is 6.42 Å². The summed E-state index contributed by atoms with van der Waals surface area (Å²) in [6.07, 6.45) is 0.957. The number of aliphatic imine (C=N–C) groups is 1. The largest absolute Gasteiger partial charge is 0.332 e. The summed E-state index contributed by atoms with van der Waals surface area (Å²) in [5.74, 6) is 0. The van der Waals surface area contributed by atoms with Crippen LogP contribution >= 0.6 is 35.6 Å². The van der Waals surface area contributed by atoms with E-state index >= 15 is 0 Å². The van der Waals surface area contributed by atoms with E-state index in [1.54, 1.807) is 11.8 Å². The summed E-state index contributed by atoms with van der Waals surface area (Å²) in [7, 11) is 0. The van der Waals surface area contributed by atoms with Crippen molar-refractivity contribution in [2.75, 3.05) is 11.9 Å². The van der Waals surface area contributed by atoms with Crippen molar-refractivity contribution < 1.29 is 0 Å². The summed E-state index contributed by atoms with van der Waals surface area (Å²) in [5.41, 5.74) is 3.14. The van der Waals surface area contributed by atoms with E-state index in [1.807, 2.05) is 30.3 Å². The Kier molecular flexibility index (Phi) is 5.99. The van der Waals surface area contributed by atoms with Gasteiger partial charge in [0.2, 0.25) is 0 Å². The smallest absolute Gasteiger partial charge is 0.179 e. The fraction of sp³-hybridized carbons (Fsp3) is 0.263. The molecule has 0 amide bonds. The highest BCUT2D eigenvalue weighted by atomic mass is 35.5. The lowest BCUT2D eigenvalue weighted by Crippen LogP contribution is -2.36. The molecule has 6 heteroatoms. The van der Waals surface area contributed by atoms with Crippen LogP contribution in [-0.4, -0.2) is 27.0 Å². The van der Waals surface area contributed by atoms with Crippen LogP contribution in [0.3, 0.4) is 0 Å². The minimum absolute atomic E-state index is 0.437. The topological polar surface area (TPSA) is 27.6 Å². The highest BCUT2D eigenvalue weighted by Crippen LogP contribution is 2.30. The monoisotopic (exact) mass is 389 g/mol. The van der Waals surface area contributed by atoms with Crippen molar-refractivity contribution in [1.29, 1.82) is 0 Å². The summed E-state index contributed by atoms with van der Waals surface area (Å²) >= 11 is 13.4. The molecule has 1 unspecified atom stereocenters. The summed E-state index contributed by atoms with van der Waals surface area (Å²) in [6.45, 7) is 5.17. The second-order valence-electron chi connectivity index (χ2n) is 5.86. The van der Waals surface area contributed by atoms with Gasteiger partial charge in [-0.2, -0.15) is 0 Å². The lowest BCUT2D eigenvalue weighted by atomic mass is 10.1. The normalized spacial score (nSPS) is 18.6. The van der Waals surface area contributed by atoms with Crippen LogP contribution in [0.25, 0.3) is 0 Å². The van der Waals surface area contributed by atoms with Gasteiger partial charge in [0.15, 0.2) is 10.3 Å². The number of para-hydroxylation sites is 1. The van der Waals surface area contributed by atoms with Gasteiger partial charge in [-0.25, -0.2) is 4.99 Å². The number of aryl methyl sites for hydroxylation is 1. The lowest BCUT2D eigenvalue weighted by Gasteiger charge is -2.20. The van der Waals surface area contributed by atoms with Crippen LogP contribution in [0.15, 0.2) is 53.5 Å². The summed E-state index contributed by atoms with van der Waals surface area (Å²) in [5, 5.41) is 5.97. The van der Waals surface area contributed by atoms with E-state index in [0.29, 0.717) is 15.4 Å². The number of nitrogens with one attached hydrogen (secondary N) is 1. The molecule has 130 valence electrons. The molecule has 2 aromatic carbocycles. The van der Waals surface area contributed by atoms with Gasteiger partial charge in [0.05, 0.1) is 5.69 Å². The molecule has 0 aromatic heterocycles. The van der Waals surface area contributed by atoms with Crippen molar-refractivity contribution in [3.63, 3.8) is 0 Å². The molecular formula is C19H20ClN3S2. The highest BCUT2D eigenvalue weighted by molar-refractivity contribution is 8.14. The van der Waals surface area contributed by atoms with Crippen LogP contribution in [0.2, 0.25) is 5.02 Å². The molecule has 3 nitrogen and oxygen atoms in total. The van der Waals surface area contributed by atoms with Crippen LogP contribution in [0.4, 0.5) is 11.4 Å². The van der Waals surface area contributed by atoms with Crippen molar-refractivity contribution in [3.05, 3.63) is 59.1 Å². The molecule has 0 spiro atoms.